The number of para-hydroxylation sites is 1. The van der Waals surface area contributed by atoms with E-state index in [9.17, 15) is 9.59 Å². The molecule has 0 radical (unpaired) electrons. The van der Waals surface area contributed by atoms with Gasteiger partial charge in [-0.1, -0.05) is 30.0 Å². The highest BCUT2D eigenvalue weighted by Gasteiger charge is 2.20. The summed E-state index contributed by atoms with van der Waals surface area (Å²) in [5.74, 6) is 1.25. The fourth-order valence-electron chi connectivity index (χ4n) is 3.57. The van der Waals surface area contributed by atoms with E-state index in [-0.39, 0.29) is 24.4 Å². The van der Waals surface area contributed by atoms with Crippen LogP contribution in [0.4, 0.5) is 0 Å². The number of thioether (sulfide) groups is 1. The molecule has 0 fully saturated rings. The van der Waals surface area contributed by atoms with Gasteiger partial charge in [-0.2, -0.15) is 0 Å². The van der Waals surface area contributed by atoms with Crippen molar-refractivity contribution in [1.29, 1.82) is 0 Å². The van der Waals surface area contributed by atoms with Gasteiger partial charge < -0.3 is 19.5 Å². The van der Waals surface area contributed by atoms with E-state index in [2.05, 4.69) is 5.32 Å². The van der Waals surface area contributed by atoms with Crippen molar-refractivity contribution in [3.8, 4) is 11.5 Å². The van der Waals surface area contributed by atoms with E-state index in [1.54, 1.807) is 10.6 Å². The van der Waals surface area contributed by atoms with Crippen LogP contribution in [0.1, 0.15) is 32.8 Å². The largest absolute Gasteiger partial charge is 0.454 e. The first-order valence-corrected chi connectivity index (χ1v) is 12.2. The summed E-state index contributed by atoms with van der Waals surface area (Å²) in [7, 11) is 0. The molecule has 1 aromatic heterocycles. The number of nitrogens with one attached hydrogen (secondary N) is 1. The number of hydrogen-bond acceptors (Lipinski definition) is 7. The van der Waals surface area contributed by atoms with Gasteiger partial charge in [-0.25, -0.2) is 4.98 Å². The van der Waals surface area contributed by atoms with E-state index in [1.807, 2.05) is 57.2 Å². The normalized spacial score (nSPS) is 13.4. The summed E-state index contributed by atoms with van der Waals surface area (Å²) in [6, 6.07) is 12.9. The number of hydrogen-bond donors (Lipinski definition) is 1. The molecule has 1 atom stereocenters. The van der Waals surface area contributed by atoms with Gasteiger partial charge in [-0.05, 0) is 57.0 Å². The number of carbonyl (C=O) groups is 1. The Bertz CT molecular complexity index is 1230. The molecule has 0 spiro atoms. The van der Waals surface area contributed by atoms with Gasteiger partial charge in [-0.3, -0.25) is 14.2 Å². The van der Waals surface area contributed by atoms with Crippen LogP contribution in [0.2, 0.25) is 0 Å². The molecule has 0 bridgehead atoms. The van der Waals surface area contributed by atoms with Crippen molar-refractivity contribution < 1.29 is 19.0 Å². The van der Waals surface area contributed by atoms with Gasteiger partial charge in [0.2, 0.25) is 12.7 Å². The van der Waals surface area contributed by atoms with E-state index in [0.29, 0.717) is 53.7 Å². The van der Waals surface area contributed by atoms with E-state index >= 15 is 0 Å². The maximum absolute atomic E-state index is 13.2. The second-order valence-electron chi connectivity index (χ2n) is 8.31. The lowest BCUT2D eigenvalue weighted by atomic mass is 10.2. The molecule has 2 heterocycles. The Balaban J connectivity index is 1.46. The molecular weight excluding hydrogens is 454 g/mol. The third kappa shape index (κ3) is 5.71. The molecular formula is C25H29N3O5S. The van der Waals surface area contributed by atoms with Crippen molar-refractivity contribution in [3.63, 3.8) is 0 Å². The molecule has 0 saturated heterocycles. The first-order valence-electron chi connectivity index (χ1n) is 11.4. The third-order valence-electron chi connectivity index (χ3n) is 5.36. The quantitative estimate of drug-likeness (QED) is 0.267. The molecule has 0 aliphatic carbocycles. The van der Waals surface area contributed by atoms with Gasteiger partial charge in [0.1, 0.15) is 0 Å². The van der Waals surface area contributed by atoms with Crippen molar-refractivity contribution in [2.24, 2.45) is 0 Å². The Hall–Kier alpha value is -3.04. The van der Waals surface area contributed by atoms with Crippen molar-refractivity contribution in [3.05, 3.63) is 58.4 Å². The summed E-state index contributed by atoms with van der Waals surface area (Å²) in [6.07, 6.45) is 0.810. The molecule has 3 aromatic rings. The number of carbonyl (C=O) groups excluding carboxylic acids is 1. The van der Waals surface area contributed by atoms with Gasteiger partial charge in [0.15, 0.2) is 16.7 Å². The van der Waals surface area contributed by atoms with Gasteiger partial charge in [0, 0.05) is 19.7 Å². The van der Waals surface area contributed by atoms with Crippen LogP contribution in [0.25, 0.3) is 10.9 Å². The van der Waals surface area contributed by atoms with Crippen LogP contribution in [0.3, 0.4) is 0 Å². The summed E-state index contributed by atoms with van der Waals surface area (Å²) >= 11 is 1.28. The van der Waals surface area contributed by atoms with Crippen LogP contribution in [-0.2, 0) is 22.6 Å². The maximum atomic E-state index is 13.2. The van der Waals surface area contributed by atoms with Crippen LogP contribution in [0.15, 0.2) is 52.4 Å². The first-order chi connectivity index (χ1) is 16.4. The van der Waals surface area contributed by atoms with Gasteiger partial charge in [-0.15, -0.1) is 0 Å². The maximum Gasteiger partial charge on any atom is 0.262 e. The number of amides is 1. The zero-order valence-corrected chi connectivity index (χ0v) is 20.4. The number of nitrogens with zero attached hydrogens (tertiary/aromatic N) is 2. The molecule has 1 unspecified atom stereocenters. The third-order valence-corrected chi connectivity index (χ3v) is 6.45. The molecule has 1 amide bonds. The number of benzene rings is 2. The molecule has 9 heteroatoms. The van der Waals surface area contributed by atoms with Crippen LogP contribution < -0.4 is 20.3 Å². The van der Waals surface area contributed by atoms with Gasteiger partial charge >= 0.3 is 0 Å². The topological polar surface area (TPSA) is 91.7 Å². The molecule has 34 heavy (non-hydrogen) atoms. The Labute approximate surface area is 202 Å². The average molecular weight is 484 g/mol. The second kappa shape index (κ2) is 10.9. The highest BCUT2D eigenvalue weighted by Crippen LogP contribution is 2.32. The minimum atomic E-state index is -0.444. The predicted octanol–water partition coefficient (Wildman–Crippen LogP) is 3.74. The van der Waals surface area contributed by atoms with Crippen LogP contribution in [-0.4, -0.2) is 40.2 Å². The molecule has 8 nitrogen and oxygen atoms in total. The van der Waals surface area contributed by atoms with Crippen LogP contribution in [0.5, 0.6) is 11.5 Å². The second-order valence-corrected chi connectivity index (χ2v) is 9.61. The van der Waals surface area contributed by atoms with Crippen molar-refractivity contribution >= 4 is 28.6 Å². The van der Waals surface area contributed by atoms with E-state index in [0.717, 1.165) is 5.56 Å². The molecule has 180 valence electrons. The Morgan fingerprint density at radius 3 is 2.79 bits per heavy atom. The predicted molar refractivity (Wildman–Crippen MR) is 131 cm³/mol. The van der Waals surface area contributed by atoms with E-state index in [4.69, 9.17) is 19.2 Å². The smallest absolute Gasteiger partial charge is 0.262 e. The lowest BCUT2D eigenvalue weighted by molar-refractivity contribution is -0.120. The van der Waals surface area contributed by atoms with Crippen LogP contribution >= 0.6 is 11.8 Å². The van der Waals surface area contributed by atoms with Gasteiger partial charge in [0.05, 0.1) is 22.3 Å². The molecule has 2 aromatic carbocycles. The van der Waals surface area contributed by atoms with Crippen molar-refractivity contribution in [1.82, 2.24) is 14.9 Å². The van der Waals surface area contributed by atoms with Crippen LogP contribution in [0, 0.1) is 0 Å². The average Bonchev–Trinajstić information content (AvgIpc) is 3.29. The fourth-order valence-corrected chi connectivity index (χ4v) is 4.53. The zero-order valence-electron chi connectivity index (χ0n) is 19.6. The first kappa shape index (κ1) is 24.1. The number of aromatic nitrogens is 2. The van der Waals surface area contributed by atoms with Gasteiger partial charge in [0.25, 0.3) is 5.56 Å². The SMILES string of the molecule is CC(C)OCCCn1c(SC(C)C(=O)NCc2ccc3c(c2)OCO3)nc2ccccc2c1=O. The lowest BCUT2D eigenvalue weighted by Gasteiger charge is -2.17. The minimum absolute atomic E-state index is 0.106. The number of rotatable bonds is 10. The van der Waals surface area contributed by atoms with E-state index < -0.39 is 5.25 Å². The Kier molecular flexibility index (Phi) is 7.74. The Morgan fingerprint density at radius 1 is 1.18 bits per heavy atom. The molecule has 1 N–H and O–H groups in total. The summed E-state index contributed by atoms with van der Waals surface area (Å²) in [5, 5.41) is 3.60. The van der Waals surface area contributed by atoms with Crippen molar-refractivity contribution in [2.45, 2.75) is 56.8 Å². The monoisotopic (exact) mass is 483 g/mol. The highest BCUT2D eigenvalue weighted by atomic mass is 32.2. The zero-order chi connectivity index (χ0) is 24.1. The lowest BCUT2D eigenvalue weighted by Crippen LogP contribution is -2.32. The fraction of sp³-hybridized carbons (Fsp3) is 0.400. The van der Waals surface area contributed by atoms with E-state index in [1.165, 1.54) is 11.8 Å². The molecule has 1 aliphatic rings. The molecule has 0 saturated carbocycles. The Morgan fingerprint density at radius 2 is 1.97 bits per heavy atom. The highest BCUT2D eigenvalue weighted by molar-refractivity contribution is 8.00. The summed E-state index contributed by atoms with van der Waals surface area (Å²) in [5.41, 5.74) is 1.43. The number of fused-ring (bicyclic) bond motifs is 2. The molecule has 4 rings (SSSR count). The number of ether oxygens (including phenoxy) is 3. The standard InChI is InChI=1S/C25H29N3O5S/c1-16(2)31-12-6-11-28-24(30)19-7-4-5-8-20(19)27-25(28)34-17(3)23(29)26-14-18-9-10-21-22(13-18)33-15-32-21/h4-5,7-10,13,16-17H,6,11-12,14-15H2,1-3H3,(H,26,29). The van der Waals surface area contributed by atoms with Crippen molar-refractivity contribution in [2.75, 3.05) is 13.4 Å². The summed E-state index contributed by atoms with van der Waals surface area (Å²) in [6.45, 7) is 7.37. The molecule has 1 aliphatic heterocycles. The summed E-state index contributed by atoms with van der Waals surface area (Å²) < 4.78 is 18.0. The summed E-state index contributed by atoms with van der Waals surface area (Å²) in [4.78, 5) is 30.7. The minimum Gasteiger partial charge on any atom is -0.454 e.